The summed E-state index contributed by atoms with van der Waals surface area (Å²) in [4.78, 5) is 6.92. The normalized spacial score (nSPS) is 19.4. The fourth-order valence-electron chi connectivity index (χ4n) is 5.53. The van der Waals surface area contributed by atoms with Crippen molar-refractivity contribution in [2.24, 2.45) is 0 Å². The zero-order chi connectivity index (χ0) is 25.5. The van der Waals surface area contributed by atoms with Crippen molar-refractivity contribution in [3.63, 3.8) is 0 Å². The number of hydrogen-bond donors (Lipinski definition) is 2. The summed E-state index contributed by atoms with van der Waals surface area (Å²) in [6.45, 7) is 2.92. The lowest BCUT2D eigenvalue weighted by Gasteiger charge is -2.43. The Bertz CT molecular complexity index is 1530. The number of morpholine rings is 1. The Morgan fingerprint density at radius 3 is 2.70 bits per heavy atom. The number of benzene rings is 3. The number of nitrogens with two attached hydrogens (primary N) is 1. The molecule has 6 rings (SSSR count). The molecule has 2 atom stereocenters. The predicted molar refractivity (Wildman–Crippen MR) is 143 cm³/mol. The highest BCUT2D eigenvalue weighted by atomic mass is 19.1. The molecule has 2 fully saturated rings. The molecule has 0 radical (unpaired) electrons. The number of terminal acetylenes is 1. The second kappa shape index (κ2) is 9.47. The van der Waals surface area contributed by atoms with Crippen LogP contribution in [0.4, 0.5) is 20.2 Å². The maximum atomic E-state index is 14.3. The summed E-state index contributed by atoms with van der Waals surface area (Å²) in [5, 5.41) is 4.41. The highest BCUT2D eigenvalue weighted by Crippen LogP contribution is 2.41. The van der Waals surface area contributed by atoms with Crippen LogP contribution in [0.25, 0.3) is 33.2 Å². The van der Waals surface area contributed by atoms with Crippen LogP contribution in [0.3, 0.4) is 0 Å². The molecule has 1 unspecified atom stereocenters. The average molecular weight is 497 g/mol. The molecule has 5 nitrogen and oxygen atoms in total. The molecule has 7 heteroatoms. The number of fused-ring (bicyclic) bond motifs is 2. The van der Waals surface area contributed by atoms with E-state index < -0.39 is 11.6 Å². The molecule has 37 heavy (non-hydrogen) atoms. The third-order valence-corrected chi connectivity index (χ3v) is 7.30. The molecule has 3 aromatic carbocycles. The third-order valence-electron chi connectivity index (χ3n) is 7.30. The molecule has 0 amide bonds. The highest BCUT2D eigenvalue weighted by molar-refractivity contribution is 6.02. The van der Waals surface area contributed by atoms with Crippen molar-refractivity contribution in [3.05, 3.63) is 78.0 Å². The van der Waals surface area contributed by atoms with Gasteiger partial charge in [0.25, 0.3) is 0 Å². The first-order valence-corrected chi connectivity index (χ1v) is 12.4. The number of hydrogen-bond acceptors (Lipinski definition) is 5. The molecule has 0 bridgehead atoms. The van der Waals surface area contributed by atoms with Crippen LogP contribution in [0.2, 0.25) is 0 Å². The Kier molecular flexibility index (Phi) is 5.99. The number of nitrogen functional groups attached to an aromatic ring is 1. The van der Waals surface area contributed by atoms with Crippen LogP contribution < -0.4 is 16.0 Å². The van der Waals surface area contributed by atoms with E-state index in [1.54, 1.807) is 6.20 Å². The van der Waals surface area contributed by atoms with Crippen molar-refractivity contribution in [2.75, 3.05) is 36.9 Å². The van der Waals surface area contributed by atoms with E-state index in [0.29, 0.717) is 35.5 Å². The molecule has 0 aliphatic carbocycles. The Morgan fingerprint density at radius 1 is 1.05 bits per heavy atom. The topological polar surface area (TPSA) is 63.4 Å². The fourth-order valence-corrected chi connectivity index (χ4v) is 5.53. The minimum atomic E-state index is -0.632. The van der Waals surface area contributed by atoms with Crippen molar-refractivity contribution >= 4 is 22.3 Å². The Hall–Kier alpha value is -3.99. The summed E-state index contributed by atoms with van der Waals surface area (Å²) in [5.74, 6) is 1.37. The van der Waals surface area contributed by atoms with E-state index in [0.717, 1.165) is 53.3 Å². The van der Waals surface area contributed by atoms with Gasteiger partial charge in [-0.3, -0.25) is 4.98 Å². The lowest BCUT2D eigenvalue weighted by molar-refractivity contribution is -0.00896. The molecule has 186 valence electrons. The van der Waals surface area contributed by atoms with E-state index in [2.05, 4.69) is 21.1 Å². The maximum absolute atomic E-state index is 14.3. The van der Waals surface area contributed by atoms with Gasteiger partial charge >= 0.3 is 0 Å². The van der Waals surface area contributed by atoms with Crippen molar-refractivity contribution in [1.29, 1.82) is 0 Å². The summed E-state index contributed by atoms with van der Waals surface area (Å²) < 4.78 is 34.7. The molecule has 2 aliphatic rings. The lowest BCUT2D eigenvalue weighted by Crippen LogP contribution is -2.57. The van der Waals surface area contributed by atoms with Crippen LogP contribution in [0.15, 0.2) is 60.8 Å². The maximum Gasteiger partial charge on any atom is 0.126 e. The number of halogens is 2. The molecule has 4 aromatic rings. The minimum absolute atomic E-state index is 0.0222. The molecule has 0 spiro atoms. The molecular formula is C30H26F2N4O. The molecule has 3 heterocycles. The molecule has 2 aliphatic heterocycles. The van der Waals surface area contributed by atoms with Gasteiger partial charge < -0.3 is 20.7 Å². The van der Waals surface area contributed by atoms with Gasteiger partial charge in [0.05, 0.1) is 29.6 Å². The van der Waals surface area contributed by atoms with E-state index in [-0.39, 0.29) is 12.1 Å². The monoisotopic (exact) mass is 496 g/mol. The number of aromatic nitrogens is 1. The van der Waals surface area contributed by atoms with E-state index >= 15 is 0 Å². The summed E-state index contributed by atoms with van der Waals surface area (Å²) in [6.07, 6.45) is 8.26. The smallest absolute Gasteiger partial charge is 0.126 e. The Morgan fingerprint density at radius 2 is 1.89 bits per heavy atom. The quantitative estimate of drug-likeness (QED) is 0.310. The second-order valence-corrected chi connectivity index (χ2v) is 9.53. The van der Waals surface area contributed by atoms with Gasteiger partial charge in [0, 0.05) is 60.0 Å². The summed E-state index contributed by atoms with van der Waals surface area (Å²) in [6, 6.07) is 15.4. The summed E-state index contributed by atoms with van der Waals surface area (Å²) in [7, 11) is 0. The number of anilines is 2. The van der Waals surface area contributed by atoms with Gasteiger partial charge in [-0.15, -0.1) is 6.42 Å². The Labute approximate surface area is 214 Å². The lowest BCUT2D eigenvalue weighted by atomic mass is 9.94. The molecule has 1 aromatic heterocycles. The Balaban J connectivity index is 1.56. The van der Waals surface area contributed by atoms with E-state index in [1.165, 1.54) is 12.1 Å². The van der Waals surface area contributed by atoms with Crippen LogP contribution in [-0.4, -0.2) is 43.4 Å². The standard InChI is InChI=1S/C30H26F2N4O/c1-2-18-4-3-5-23(29(18)33)19-6-7-26-24(14-19)30(36-10-8-27-28(17-36)37-11-9-34-27)25(16-35-26)20-12-21(31)15-22(32)13-20/h1,3-7,12-16,27-28,34H,8-11,17,33H2/t27?,28-/m1/s1. The number of nitrogens with zero attached hydrogens (tertiary/aromatic N) is 2. The van der Waals surface area contributed by atoms with Crippen molar-refractivity contribution in [3.8, 4) is 34.6 Å². The highest BCUT2D eigenvalue weighted by Gasteiger charge is 2.33. The van der Waals surface area contributed by atoms with Gasteiger partial charge in [0.15, 0.2) is 0 Å². The van der Waals surface area contributed by atoms with Gasteiger partial charge in [-0.05, 0) is 47.9 Å². The number of para-hydroxylation sites is 1. The second-order valence-electron chi connectivity index (χ2n) is 9.53. The van der Waals surface area contributed by atoms with Gasteiger partial charge in [-0.25, -0.2) is 8.78 Å². The number of rotatable bonds is 3. The first kappa shape index (κ1) is 23.4. The minimum Gasteiger partial charge on any atom is -0.397 e. The number of pyridine rings is 1. The van der Waals surface area contributed by atoms with Gasteiger partial charge in [0.2, 0.25) is 0 Å². The van der Waals surface area contributed by atoms with Crippen molar-refractivity contribution in [1.82, 2.24) is 10.3 Å². The van der Waals surface area contributed by atoms with E-state index in [1.807, 2.05) is 36.4 Å². The van der Waals surface area contributed by atoms with Crippen LogP contribution in [0, 0.1) is 24.0 Å². The molecule has 0 saturated carbocycles. The first-order chi connectivity index (χ1) is 18.0. The van der Waals surface area contributed by atoms with Crippen LogP contribution in [0.1, 0.15) is 12.0 Å². The van der Waals surface area contributed by atoms with Crippen molar-refractivity contribution < 1.29 is 13.5 Å². The fraction of sp³-hybridized carbons (Fsp3) is 0.233. The van der Waals surface area contributed by atoms with Crippen LogP contribution >= 0.6 is 0 Å². The van der Waals surface area contributed by atoms with Gasteiger partial charge in [-0.1, -0.05) is 24.1 Å². The van der Waals surface area contributed by atoms with Crippen LogP contribution in [-0.2, 0) is 4.74 Å². The molecule has 2 saturated heterocycles. The third kappa shape index (κ3) is 4.29. The largest absolute Gasteiger partial charge is 0.397 e. The van der Waals surface area contributed by atoms with Crippen molar-refractivity contribution in [2.45, 2.75) is 18.6 Å². The summed E-state index contributed by atoms with van der Waals surface area (Å²) in [5.41, 5.74) is 12.0. The van der Waals surface area contributed by atoms with E-state index in [9.17, 15) is 8.78 Å². The first-order valence-electron chi connectivity index (χ1n) is 12.4. The van der Waals surface area contributed by atoms with Crippen LogP contribution in [0.5, 0.6) is 0 Å². The number of piperidine rings is 1. The average Bonchev–Trinajstić information content (AvgIpc) is 2.91. The number of nitrogens with one attached hydrogen (secondary N) is 1. The van der Waals surface area contributed by atoms with Gasteiger partial charge in [0.1, 0.15) is 11.6 Å². The molecule has 3 N–H and O–H groups in total. The summed E-state index contributed by atoms with van der Waals surface area (Å²) >= 11 is 0. The zero-order valence-electron chi connectivity index (χ0n) is 20.2. The zero-order valence-corrected chi connectivity index (χ0v) is 20.2. The predicted octanol–water partition coefficient (Wildman–Crippen LogP) is 4.98. The van der Waals surface area contributed by atoms with Gasteiger partial charge in [-0.2, -0.15) is 0 Å². The number of ether oxygens (including phenoxy) is 1. The SMILES string of the molecule is C#Cc1cccc(-c2ccc3ncc(-c4cc(F)cc(F)c4)c(N4CCC5NCCO[C@@H]5C4)c3c2)c1N. The molecular weight excluding hydrogens is 470 g/mol. The van der Waals surface area contributed by atoms with E-state index in [4.69, 9.17) is 16.9 Å².